The number of anilines is 1. The lowest BCUT2D eigenvalue weighted by Crippen LogP contribution is -2.26. The Hall–Kier alpha value is -2.23. The average Bonchev–Trinajstić information content (AvgIpc) is 2.41. The van der Waals surface area contributed by atoms with Crippen molar-refractivity contribution in [2.24, 2.45) is 0 Å². The van der Waals surface area contributed by atoms with Gasteiger partial charge in [-0.25, -0.2) is 4.79 Å². The Morgan fingerprint density at radius 3 is 3.00 bits per heavy atom. The van der Waals surface area contributed by atoms with Crippen LogP contribution in [0.15, 0.2) is 30.5 Å². The molecule has 0 spiro atoms. The van der Waals surface area contributed by atoms with E-state index in [-0.39, 0.29) is 0 Å². The fourth-order valence-electron chi connectivity index (χ4n) is 1.40. The van der Waals surface area contributed by atoms with Crippen LogP contribution in [0, 0.1) is 0 Å². The van der Waals surface area contributed by atoms with Crippen LogP contribution in [-0.4, -0.2) is 11.2 Å². The van der Waals surface area contributed by atoms with Gasteiger partial charge < -0.3 is 10.4 Å². The van der Waals surface area contributed by atoms with Crippen LogP contribution < -0.4 is 21.1 Å². The standard InChI is InChI=1S/C11H10N2O2/c14-11(15)13-10-4-3-8-2-1-5-12-7-9(8)6-10/h1-7,12-13H,(H,14,15). The third kappa shape index (κ3) is 2.17. The molecule has 0 atom stereocenters. The molecule has 0 bridgehead atoms. The first kappa shape index (κ1) is 9.33. The van der Waals surface area contributed by atoms with E-state index in [0.717, 1.165) is 10.4 Å². The molecule has 3 N–H and O–H groups in total. The molecule has 1 aromatic carbocycles. The third-order valence-electron chi connectivity index (χ3n) is 2.05. The van der Waals surface area contributed by atoms with E-state index in [2.05, 4.69) is 10.6 Å². The van der Waals surface area contributed by atoms with Gasteiger partial charge in [-0.05, 0) is 28.6 Å². The molecule has 0 unspecified atom stereocenters. The van der Waals surface area contributed by atoms with E-state index in [4.69, 9.17) is 5.11 Å². The first-order chi connectivity index (χ1) is 7.25. The minimum Gasteiger partial charge on any atom is -0.465 e. The normalized spacial score (nSPS) is 12.5. The van der Waals surface area contributed by atoms with Crippen molar-refractivity contribution in [2.45, 2.75) is 0 Å². The van der Waals surface area contributed by atoms with Crippen LogP contribution in [0.4, 0.5) is 10.5 Å². The van der Waals surface area contributed by atoms with Crippen molar-refractivity contribution < 1.29 is 9.90 Å². The molecule has 0 radical (unpaired) electrons. The molecule has 1 aromatic rings. The predicted octanol–water partition coefficient (Wildman–Crippen LogP) is 0.412. The van der Waals surface area contributed by atoms with Gasteiger partial charge in [-0.1, -0.05) is 12.1 Å². The van der Waals surface area contributed by atoms with Gasteiger partial charge in [0.15, 0.2) is 0 Å². The van der Waals surface area contributed by atoms with Crippen LogP contribution in [0.25, 0.3) is 12.3 Å². The Morgan fingerprint density at radius 1 is 1.33 bits per heavy atom. The van der Waals surface area contributed by atoms with Crippen molar-refractivity contribution in [1.29, 1.82) is 0 Å². The molecule has 0 aromatic heterocycles. The number of rotatable bonds is 1. The number of hydrogen-bond donors (Lipinski definition) is 3. The van der Waals surface area contributed by atoms with Crippen LogP contribution in [0.3, 0.4) is 0 Å². The van der Waals surface area contributed by atoms with Gasteiger partial charge >= 0.3 is 6.09 Å². The summed E-state index contributed by atoms with van der Waals surface area (Å²) in [6.07, 6.45) is 6.42. The van der Waals surface area contributed by atoms with E-state index < -0.39 is 6.09 Å². The maximum absolute atomic E-state index is 10.4. The molecule has 0 fully saturated rings. The maximum Gasteiger partial charge on any atom is 0.409 e. The van der Waals surface area contributed by atoms with E-state index in [1.807, 2.05) is 30.6 Å². The highest BCUT2D eigenvalue weighted by molar-refractivity contribution is 5.82. The Labute approximate surface area is 86.2 Å². The summed E-state index contributed by atoms with van der Waals surface area (Å²) >= 11 is 0. The fourth-order valence-corrected chi connectivity index (χ4v) is 1.40. The van der Waals surface area contributed by atoms with Crippen molar-refractivity contribution in [3.63, 3.8) is 0 Å². The summed E-state index contributed by atoms with van der Waals surface area (Å²) in [6, 6.07) is 5.38. The Kier molecular flexibility index (Phi) is 2.41. The predicted molar refractivity (Wildman–Crippen MR) is 58.5 cm³/mol. The Balaban J connectivity index is 2.48. The number of nitrogens with one attached hydrogen (secondary N) is 2. The quantitative estimate of drug-likeness (QED) is 0.618. The van der Waals surface area contributed by atoms with E-state index in [1.165, 1.54) is 0 Å². The molecule has 0 saturated carbocycles. The second-order valence-electron chi connectivity index (χ2n) is 3.11. The summed E-state index contributed by atoms with van der Waals surface area (Å²) in [5, 5.41) is 15.8. The van der Waals surface area contributed by atoms with Crippen LogP contribution in [0.2, 0.25) is 0 Å². The summed E-state index contributed by atoms with van der Waals surface area (Å²) in [5.41, 5.74) is 0.564. The van der Waals surface area contributed by atoms with Gasteiger partial charge in [0.2, 0.25) is 0 Å². The second-order valence-corrected chi connectivity index (χ2v) is 3.11. The van der Waals surface area contributed by atoms with Gasteiger partial charge in [-0.3, -0.25) is 5.32 Å². The minimum atomic E-state index is -1.06. The summed E-state index contributed by atoms with van der Waals surface area (Å²) in [6.45, 7) is 0. The molecule has 1 aliphatic heterocycles. The van der Waals surface area contributed by atoms with E-state index in [0.29, 0.717) is 5.69 Å². The molecule has 76 valence electrons. The molecule has 1 amide bonds. The zero-order valence-electron chi connectivity index (χ0n) is 7.90. The Bertz CT molecular complexity index is 532. The van der Waals surface area contributed by atoms with E-state index >= 15 is 0 Å². The van der Waals surface area contributed by atoms with Crippen molar-refractivity contribution in [3.05, 3.63) is 40.9 Å². The molecule has 0 saturated heterocycles. The topological polar surface area (TPSA) is 61.4 Å². The van der Waals surface area contributed by atoms with Gasteiger partial charge in [0, 0.05) is 18.1 Å². The lowest BCUT2D eigenvalue weighted by atomic mass is 10.2. The van der Waals surface area contributed by atoms with Gasteiger partial charge in [0.1, 0.15) is 0 Å². The highest BCUT2D eigenvalue weighted by Gasteiger charge is 1.97. The highest BCUT2D eigenvalue weighted by atomic mass is 16.4. The van der Waals surface area contributed by atoms with E-state index in [1.54, 1.807) is 12.1 Å². The SMILES string of the molecule is O=C(O)Nc1ccc2c(c1)=CNC=CC=2. The number of fused-ring (bicyclic) bond motifs is 1. The van der Waals surface area contributed by atoms with E-state index in [9.17, 15) is 4.79 Å². The average molecular weight is 202 g/mol. The van der Waals surface area contributed by atoms with Gasteiger partial charge in [0.25, 0.3) is 0 Å². The monoisotopic (exact) mass is 202 g/mol. The van der Waals surface area contributed by atoms with Crippen LogP contribution >= 0.6 is 0 Å². The highest BCUT2D eigenvalue weighted by Crippen LogP contribution is 1.99. The number of benzene rings is 1. The molecule has 15 heavy (non-hydrogen) atoms. The molecule has 1 heterocycles. The lowest BCUT2D eigenvalue weighted by molar-refractivity contribution is 0.210. The largest absolute Gasteiger partial charge is 0.465 e. The summed E-state index contributed by atoms with van der Waals surface area (Å²) in [5.74, 6) is 0. The molecule has 1 aliphatic rings. The number of carbonyl (C=O) groups is 1. The molecular weight excluding hydrogens is 192 g/mol. The molecular formula is C11H10N2O2. The van der Waals surface area contributed by atoms with Gasteiger partial charge in [-0.2, -0.15) is 0 Å². The number of hydrogen-bond acceptors (Lipinski definition) is 2. The molecule has 2 rings (SSSR count). The lowest BCUT2D eigenvalue weighted by Gasteiger charge is -2.00. The van der Waals surface area contributed by atoms with Crippen LogP contribution in [0.1, 0.15) is 0 Å². The van der Waals surface area contributed by atoms with Crippen LogP contribution in [-0.2, 0) is 0 Å². The fraction of sp³-hybridized carbons (Fsp3) is 0. The van der Waals surface area contributed by atoms with Crippen molar-refractivity contribution in [3.8, 4) is 0 Å². The zero-order valence-corrected chi connectivity index (χ0v) is 7.90. The maximum atomic E-state index is 10.4. The van der Waals surface area contributed by atoms with Gasteiger partial charge in [0.05, 0.1) is 0 Å². The minimum absolute atomic E-state index is 0.564. The van der Waals surface area contributed by atoms with Crippen molar-refractivity contribution in [2.75, 3.05) is 5.32 Å². The Morgan fingerprint density at radius 2 is 2.20 bits per heavy atom. The summed E-state index contributed by atoms with van der Waals surface area (Å²) < 4.78 is 0. The molecule has 4 nitrogen and oxygen atoms in total. The van der Waals surface area contributed by atoms with Crippen molar-refractivity contribution in [1.82, 2.24) is 5.32 Å². The summed E-state index contributed by atoms with van der Waals surface area (Å²) in [4.78, 5) is 10.4. The first-order valence-corrected chi connectivity index (χ1v) is 4.49. The molecule has 0 aliphatic carbocycles. The number of carboxylic acid groups (broad SMARTS) is 1. The number of allylic oxidation sites excluding steroid dienone is 1. The summed E-state index contributed by atoms with van der Waals surface area (Å²) in [7, 11) is 0. The van der Waals surface area contributed by atoms with Gasteiger partial charge in [-0.15, -0.1) is 0 Å². The second kappa shape index (κ2) is 3.88. The van der Waals surface area contributed by atoms with Crippen molar-refractivity contribution >= 4 is 24.1 Å². The number of amides is 1. The first-order valence-electron chi connectivity index (χ1n) is 4.49. The smallest absolute Gasteiger partial charge is 0.409 e. The van der Waals surface area contributed by atoms with Crippen LogP contribution in [0.5, 0.6) is 0 Å². The third-order valence-corrected chi connectivity index (χ3v) is 2.05. The zero-order chi connectivity index (χ0) is 10.7. The molecule has 4 heteroatoms.